The molecule has 5 nitrogen and oxygen atoms in total. The number of anilines is 1. The second-order valence-electron chi connectivity index (χ2n) is 2.96. The molecule has 0 heterocycles. The molecule has 0 aliphatic heterocycles. The van der Waals surface area contributed by atoms with Gasteiger partial charge in [0.05, 0.1) is 12.0 Å². The first-order valence-electron chi connectivity index (χ1n) is 4.38. The standard InChI is InChI=1S/C10H11NO4/c12-9(13)4-5-11-8-3-1-2-7(6-8)10(14)15/h1-3,6,11H,4-5H2,(H,12,13)(H,14,15). The van der Waals surface area contributed by atoms with E-state index in [-0.39, 0.29) is 18.5 Å². The first-order chi connectivity index (χ1) is 7.09. The topological polar surface area (TPSA) is 86.6 Å². The smallest absolute Gasteiger partial charge is 0.335 e. The lowest BCUT2D eigenvalue weighted by Crippen LogP contribution is -2.08. The lowest BCUT2D eigenvalue weighted by molar-refractivity contribution is -0.136. The summed E-state index contributed by atoms with van der Waals surface area (Å²) in [4.78, 5) is 20.8. The molecule has 0 radical (unpaired) electrons. The van der Waals surface area contributed by atoms with Crippen LogP contribution in [0, 0.1) is 0 Å². The maximum absolute atomic E-state index is 10.6. The second kappa shape index (κ2) is 4.99. The molecule has 5 heteroatoms. The zero-order chi connectivity index (χ0) is 11.3. The van der Waals surface area contributed by atoms with Crippen molar-refractivity contribution in [2.24, 2.45) is 0 Å². The molecule has 0 bridgehead atoms. The van der Waals surface area contributed by atoms with Gasteiger partial charge in [-0.05, 0) is 18.2 Å². The number of carbonyl (C=O) groups is 2. The Bertz CT molecular complexity index is 375. The molecule has 0 spiro atoms. The molecule has 1 aromatic rings. The second-order valence-corrected chi connectivity index (χ2v) is 2.96. The van der Waals surface area contributed by atoms with Gasteiger partial charge in [0.15, 0.2) is 0 Å². The Kier molecular flexibility index (Phi) is 3.68. The maximum Gasteiger partial charge on any atom is 0.335 e. The van der Waals surface area contributed by atoms with Crippen LogP contribution in [0.25, 0.3) is 0 Å². The first kappa shape index (κ1) is 11.0. The van der Waals surface area contributed by atoms with Crippen LogP contribution >= 0.6 is 0 Å². The van der Waals surface area contributed by atoms with E-state index < -0.39 is 11.9 Å². The van der Waals surface area contributed by atoms with Crippen molar-refractivity contribution < 1.29 is 19.8 Å². The number of rotatable bonds is 5. The zero-order valence-electron chi connectivity index (χ0n) is 7.93. The Balaban J connectivity index is 2.58. The summed E-state index contributed by atoms with van der Waals surface area (Å²) in [5.41, 5.74) is 0.784. The summed E-state index contributed by atoms with van der Waals surface area (Å²) in [6.07, 6.45) is -0.00268. The van der Waals surface area contributed by atoms with Crippen LogP contribution in [0.2, 0.25) is 0 Å². The van der Waals surface area contributed by atoms with E-state index in [9.17, 15) is 9.59 Å². The molecule has 0 atom stereocenters. The van der Waals surface area contributed by atoms with Crippen LogP contribution in [0.3, 0.4) is 0 Å². The minimum Gasteiger partial charge on any atom is -0.481 e. The predicted molar refractivity (Wildman–Crippen MR) is 54.1 cm³/mol. The van der Waals surface area contributed by atoms with Crippen LogP contribution in [0.15, 0.2) is 24.3 Å². The summed E-state index contributed by atoms with van der Waals surface area (Å²) in [6.45, 7) is 0.276. The average Bonchev–Trinajstić information content (AvgIpc) is 2.17. The minimum atomic E-state index is -1.00. The molecular weight excluding hydrogens is 198 g/mol. The molecule has 0 saturated carbocycles. The number of aliphatic carboxylic acids is 1. The maximum atomic E-state index is 10.6. The van der Waals surface area contributed by atoms with Gasteiger partial charge in [-0.1, -0.05) is 6.07 Å². The largest absolute Gasteiger partial charge is 0.481 e. The van der Waals surface area contributed by atoms with Crippen LogP contribution in [0.5, 0.6) is 0 Å². The third kappa shape index (κ3) is 3.68. The summed E-state index contributed by atoms with van der Waals surface area (Å²) >= 11 is 0. The van der Waals surface area contributed by atoms with Gasteiger partial charge in [-0.2, -0.15) is 0 Å². The van der Waals surface area contributed by atoms with Crippen LogP contribution < -0.4 is 5.32 Å². The lowest BCUT2D eigenvalue weighted by atomic mass is 10.2. The fourth-order valence-electron chi connectivity index (χ4n) is 1.08. The van der Waals surface area contributed by atoms with E-state index in [0.29, 0.717) is 5.69 Å². The molecule has 0 unspecified atom stereocenters. The third-order valence-corrected chi connectivity index (χ3v) is 1.78. The Morgan fingerprint density at radius 1 is 1.27 bits per heavy atom. The number of carboxylic acids is 2. The van der Waals surface area contributed by atoms with Gasteiger partial charge < -0.3 is 15.5 Å². The number of nitrogens with one attached hydrogen (secondary N) is 1. The van der Waals surface area contributed by atoms with Crippen molar-refractivity contribution in [1.82, 2.24) is 0 Å². The van der Waals surface area contributed by atoms with Crippen molar-refractivity contribution in [2.75, 3.05) is 11.9 Å². The molecule has 0 fully saturated rings. The number of hydrogen-bond donors (Lipinski definition) is 3. The number of aromatic carboxylic acids is 1. The first-order valence-corrected chi connectivity index (χ1v) is 4.38. The van der Waals surface area contributed by atoms with Crippen molar-refractivity contribution in [1.29, 1.82) is 0 Å². The minimum absolute atomic E-state index is 0.00268. The molecule has 3 N–H and O–H groups in total. The van der Waals surface area contributed by atoms with E-state index in [0.717, 1.165) is 0 Å². The molecule has 0 aliphatic carbocycles. The fourth-order valence-corrected chi connectivity index (χ4v) is 1.08. The third-order valence-electron chi connectivity index (χ3n) is 1.78. The van der Waals surface area contributed by atoms with Crippen LogP contribution in [-0.4, -0.2) is 28.7 Å². The zero-order valence-corrected chi connectivity index (χ0v) is 7.93. The van der Waals surface area contributed by atoms with E-state index in [1.165, 1.54) is 12.1 Å². The van der Waals surface area contributed by atoms with E-state index in [1.54, 1.807) is 12.1 Å². The lowest BCUT2D eigenvalue weighted by Gasteiger charge is -2.04. The molecular formula is C10H11NO4. The predicted octanol–water partition coefficient (Wildman–Crippen LogP) is 1.27. The van der Waals surface area contributed by atoms with Crippen LogP contribution in [-0.2, 0) is 4.79 Å². The van der Waals surface area contributed by atoms with Gasteiger partial charge in [-0.15, -0.1) is 0 Å². The highest BCUT2D eigenvalue weighted by Gasteiger charge is 2.03. The van der Waals surface area contributed by atoms with Crippen molar-refractivity contribution in [3.05, 3.63) is 29.8 Å². The van der Waals surface area contributed by atoms with Crippen molar-refractivity contribution >= 4 is 17.6 Å². The highest BCUT2D eigenvalue weighted by Crippen LogP contribution is 2.10. The fraction of sp³-hybridized carbons (Fsp3) is 0.200. The normalized spacial score (nSPS) is 9.60. The Hall–Kier alpha value is -2.04. The quantitative estimate of drug-likeness (QED) is 0.679. The van der Waals surface area contributed by atoms with E-state index >= 15 is 0 Å². The van der Waals surface area contributed by atoms with Gasteiger partial charge in [0.1, 0.15) is 0 Å². The Labute approximate surface area is 86.4 Å². The van der Waals surface area contributed by atoms with E-state index in [2.05, 4.69) is 5.32 Å². The van der Waals surface area contributed by atoms with Crippen molar-refractivity contribution in [3.8, 4) is 0 Å². The van der Waals surface area contributed by atoms with Gasteiger partial charge in [0.2, 0.25) is 0 Å². The summed E-state index contributed by atoms with van der Waals surface area (Å²) < 4.78 is 0. The van der Waals surface area contributed by atoms with Crippen LogP contribution in [0.1, 0.15) is 16.8 Å². The van der Waals surface area contributed by atoms with Crippen molar-refractivity contribution in [3.63, 3.8) is 0 Å². The molecule has 0 aliphatic rings. The highest BCUT2D eigenvalue weighted by atomic mass is 16.4. The number of carboxylic acid groups (broad SMARTS) is 2. The van der Waals surface area contributed by atoms with Gasteiger partial charge in [-0.25, -0.2) is 4.79 Å². The SMILES string of the molecule is O=C(O)CCNc1cccc(C(=O)O)c1. The van der Waals surface area contributed by atoms with Crippen molar-refractivity contribution in [2.45, 2.75) is 6.42 Å². The molecule has 1 rings (SSSR count). The summed E-state index contributed by atoms with van der Waals surface area (Å²) in [6, 6.07) is 6.23. The summed E-state index contributed by atoms with van der Waals surface area (Å²) in [5.74, 6) is -1.89. The average molecular weight is 209 g/mol. The van der Waals surface area contributed by atoms with Gasteiger partial charge in [0.25, 0.3) is 0 Å². The molecule has 1 aromatic carbocycles. The molecule has 0 saturated heterocycles. The summed E-state index contributed by atoms with van der Waals surface area (Å²) in [5, 5.41) is 19.9. The number of hydrogen-bond acceptors (Lipinski definition) is 3. The molecule has 15 heavy (non-hydrogen) atoms. The van der Waals surface area contributed by atoms with Gasteiger partial charge in [-0.3, -0.25) is 4.79 Å². The number of benzene rings is 1. The van der Waals surface area contributed by atoms with Gasteiger partial charge in [0, 0.05) is 12.2 Å². The summed E-state index contributed by atoms with van der Waals surface area (Å²) in [7, 11) is 0. The highest BCUT2D eigenvalue weighted by molar-refractivity contribution is 5.88. The molecule has 0 amide bonds. The Morgan fingerprint density at radius 2 is 2.00 bits per heavy atom. The molecule has 80 valence electrons. The Morgan fingerprint density at radius 3 is 2.60 bits per heavy atom. The monoisotopic (exact) mass is 209 g/mol. The van der Waals surface area contributed by atoms with E-state index in [4.69, 9.17) is 10.2 Å². The van der Waals surface area contributed by atoms with Crippen LogP contribution in [0.4, 0.5) is 5.69 Å². The van der Waals surface area contributed by atoms with Gasteiger partial charge >= 0.3 is 11.9 Å². The molecule has 0 aromatic heterocycles. The van der Waals surface area contributed by atoms with E-state index in [1.807, 2.05) is 0 Å².